The molecule has 0 bridgehead atoms. The van der Waals surface area contributed by atoms with E-state index in [1.165, 1.54) is 42.2 Å². The minimum Gasteiger partial charge on any atom is -0.311 e. The van der Waals surface area contributed by atoms with Gasteiger partial charge in [-0.2, -0.15) is 4.72 Å². The summed E-state index contributed by atoms with van der Waals surface area (Å²) in [5, 5.41) is 0. The molecule has 8 heteroatoms. The van der Waals surface area contributed by atoms with E-state index in [9.17, 15) is 22.0 Å². The Balaban J connectivity index is 1.78. The van der Waals surface area contributed by atoms with E-state index in [-0.39, 0.29) is 16.9 Å². The Kier molecular flexibility index (Phi) is 4.57. The average molecular weight is 366 g/mol. The van der Waals surface area contributed by atoms with Crippen molar-refractivity contribution in [3.63, 3.8) is 0 Å². The zero-order chi connectivity index (χ0) is 18.2. The van der Waals surface area contributed by atoms with Gasteiger partial charge in [-0.3, -0.25) is 4.79 Å². The lowest BCUT2D eigenvalue weighted by Crippen LogP contribution is -2.41. The molecule has 0 unspecified atom stereocenters. The third kappa shape index (κ3) is 3.54. The standard InChI is InChI=1S/C17H16F2N2O3S/c1-11-10-14(6-7-15(11)19)25(23,24)20-16-8-9-21(17(16)22)13-4-2-12(18)3-5-13/h2-7,10,16,20H,8-9H2,1H3/t16-/m0/s1. The lowest BCUT2D eigenvalue weighted by atomic mass is 10.2. The molecule has 1 fully saturated rings. The first-order valence-electron chi connectivity index (χ1n) is 7.63. The summed E-state index contributed by atoms with van der Waals surface area (Å²) in [6, 6.07) is 7.94. The van der Waals surface area contributed by atoms with Gasteiger partial charge in [0.25, 0.3) is 0 Å². The third-order valence-corrected chi connectivity index (χ3v) is 5.55. The number of hydrogen-bond donors (Lipinski definition) is 1. The van der Waals surface area contributed by atoms with Gasteiger partial charge in [-0.05, 0) is 61.4 Å². The fourth-order valence-electron chi connectivity index (χ4n) is 2.71. The lowest BCUT2D eigenvalue weighted by Gasteiger charge is -2.17. The monoisotopic (exact) mass is 366 g/mol. The SMILES string of the molecule is Cc1cc(S(=O)(=O)N[C@H]2CCN(c3ccc(F)cc3)C2=O)ccc1F. The highest BCUT2D eigenvalue weighted by molar-refractivity contribution is 7.89. The molecule has 1 heterocycles. The summed E-state index contributed by atoms with van der Waals surface area (Å²) >= 11 is 0. The lowest BCUT2D eigenvalue weighted by molar-refractivity contribution is -0.118. The summed E-state index contributed by atoms with van der Waals surface area (Å²) < 4.78 is 53.5. The van der Waals surface area contributed by atoms with Crippen molar-refractivity contribution >= 4 is 21.6 Å². The average Bonchev–Trinajstić information content (AvgIpc) is 2.91. The first-order chi connectivity index (χ1) is 11.8. The molecule has 132 valence electrons. The summed E-state index contributed by atoms with van der Waals surface area (Å²) in [6.45, 7) is 1.78. The number of rotatable bonds is 4. The molecule has 1 saturated heterocycles. The van der Waals surface area contributed by atoms with E-state index in [2.05, 4.69) is 4.72 Å². The molecule has 25 heavy (non-hydrogen) atoms. The number of carbonyl (C=O) groups is 1. The van der Waals surface area contributed by atoms with Gasteiger partial charge in [0.15, 0.2) is 0 Å². The fraction of sp³-hybridized carbons (Fsp3) is 0.235. The number of amides is 1. The van der Waals surface area contributed by atoms with Crippen LogP contribution in [0.3, 0.4) is 0 Å². The summed E-state index contributed by atoms with van der Waals surface area (Å²) in [6.07, 6.45) is 0.287. The van der Waals surface area contributed by atoms with Gasteiger partial charge in [0, 0.05) is 12.2 Å². The molecule has 3 rings (SSSR count). The van der Waals surface area contributed by atoms with Gasteiger partial charge in [0.1, 0.15) is 17.7 Å². The van der Waals surface area contributed by atoms with Crippen molar-refractivity contribution in [3.05, 3.63) is 59.7 Å². The number of hydrogen-bond acceptors (Lipinski definition) is 3. The van der Waals surface area contributed by atoms with Gasteiger partial charge >= 0.3 is 0 Å². The van der Waals surface area contributed by atoms with Crippen LogP contribution in [-0.2, 0) is 14.8 Å². The highest BCUT2D eigenvalue weighted by atomic mass is 32.2. The van der Waals surface area contributed by atoms with Crippen LogP contribution in [0, 0.1) is 18.6 Å². The van der Waals surface area contributed by atoms with Crippen LogP contribution in [0.2, 0.25) is 0 Å². The van der Waals surface area contributed by atoms with Crippen molar-refractivity contribution in [2.45, 2.75) is 24.3 Å². The van der Waals surface area contributed by atoms with Crippen molar-refractivity contribution in [2.75, 3.05) is 11.4 Å². The quantitative estimate of drug-likeness (QED) is 0.903. The number of anilines is 1. The zero-order valence-electron chi connectivity index (χ0n) is 13.4. The Labute approximate surface area is 144 Å². The molecule has 0 radical (unpaired) electrons. The summed E-state index contributed by atoms with van der Waals surface area (Å²) in [4.78, 5) is 13.8. The minimum absolute atomic E-state index is 0.0977. The predicted octanol–water partition coefficient (Wildman–Crippen LogP) is 2.36. The minimum atomic E-state index is -3.95. The third-order valence-electron chi connectivity index (χ3n) is 4.08. The van der Waals surface area contributed by atoms with Crippen molar-refractivity contribution in [3.8, 4) is 0 Å². The summed E-state index contributed by atoms with van der Waals surface area (Å²) in [5.74, 6) is -1.33. The van der Waals surface area contributed by atoms with Crippen LogP contribution in [-0.4, -0.2) is 26.9 Å². The summed E-state index contributed by atoms with van der Waals surface area (Å²) in [5.41, 5.74) is 0.708. The van der Waals surface area contributed by atoms with Gasteiger partial charge in [0.2, 0.25) is 15.9 Å². The maximum atomic E-state index is 13.3. The van der Waals surface area contributed by atoms with Gasteiger partial charge < -0.3 is 4.90 Å². The zero-order valence-corrected chi connectivity index (χ0v) is 14.2. The Morgan fingerprint density at radius 3 is 2.44 bits per heavy atom. The molecule has 1 N–H and O–H groups in total. The number of halogens is 2. The molecular formula is C17H16F2N2O3S. The molecule has 2 aromatic carbocycles. The number of nitrogens with one attached hydrogen (secondary N) is 1. The van der Waals surface area contributed by atoms with Crippen LogP contribution < -0.4 is 9.62 Å². The van der Waals surface area contributed by atoms with E-state index in [4.69, 9.17) is 0 Å². The normalized spacial score (nSPS) is 18.0. The van der Waals surface area contributed by atoms with Crippen molar-refractivity contribution in [2.24, 2.45) is 0 Å². The van der Waals surface area contributed by atoms with Crippen LogP contribution in [0.25, 0.3) is 0 Å². The second-order valence-electron chi connectivity index (χ2n) is 5.84. The number of sulfonamides is 1. The number of benzene rings is 2. The van der Waals surface area contributed by atoms with Crippen LogP contribution in [0.4, 0.5) is 14.5 Å². The maximum Gasteiger partial charge on any atom is 0.245 e. The highest BCUT2D eigenvalue weighted by Crippen LogP contribution is 2.23. The van der Waals surface area contributed by atoms with E-state index in [1.807, 2.05) is 0 Å². The Morgan fingerprint density at radius 2 is 1.80 bits per heavy atom. The molecule has 0 spiro atoms. The van der Waals surface area contributed by atoms with Gasteiger partial charge in [-0.25, -0.2) is 17.2 Å². The van der Waals surface area contributed by atoms with Crippen molar-refractivity contribution in [1.29, 1.82) is 0 Å². The number of aryl methyl sites for hydroxylation is 1. The van der Waals surface area contributed by atoms with Gasteiger partial charge in [-0.1, -0.05) is 0 Å². The smallest absolute Gasteiger partial charge is 0.245 e. The molecule has 1 atom stereocenters. The van der Waals surface area contributed by atoms with Gasteiger partial charge in [-0.15, -0.1) is 0 Å². The highest BCUT2D eigenvalue weighted by Gasteiger charge is 2.35. The van der Waals surface area contributed by atoms with Gasteiger partial charge in [0.05, 0.1) is 4.90 Å². The Bertz CT molecular complexity index is 914. The van der Waals surface area contributed by atoms with E-state index in [0.29, 0.717) is 12.2 Å². The van der Waals surface area contributed by atoms with E-state index >= 15 is 0 Å². The fourth-order valence-corrected chi connectivity index (χ4v) is 4.01. The van der Waals surface area contributed by atoms with E-state index < -0.39 is 33.6 Å². The molecule has 0 aromatic heterocycles. The Hall–Kier alpha value is -2.32. The predicted molar refractivity (Wildman–Crippen MR) is 88.6 cm³/mol. The van der Waals surface area contributed by atoms with E-state index in [0.717, 1.165) is 12.1 Å². The molecule has 5 nitrogen and oxygen atoms in total. The first-order valence-corrected chi connectivity index (χ1v) is 9.12. The van der Waals surface area contributed by atoms with E-state index in [1.54, 1.807) is 0 Å². The molecular weight excluding hydrogens is 350 g/mol. The van der Waals surface area contributed by atoms with Crippen LogP contribution in [0.1, 0.15) is 12.0 Å². The molecule has 0 aliphatic carbocycles. The second-order valence-corrected chi connectivity index (χ2v) is 7.55. The topological polar surface area (TPSA) is 66.5 Å². The molecule has 0 saturated carbocycles. The van der Waals surface area contributed by atoms with Crippen LogP contribution in [0.5, 0.6) is 0 Å². The largest absolute Gasteiger partial charge is 0.311 e. The maximum absolute atomic E-state index is 13.3. The Morgan fingerprint density at radius 1 is 1.12 bits per heavy atom. The second kappa shape index (κ2) is 6.53. The van der Waals surface area contributed by atoms with Crippen molar-refractivity contribution in [1.82, 2.24) is 4.72 Å². The molecule has 1 aliphatic heterocycles. The first kappa shape index (κ1) is 17.5. The van der Waals surface area contributed by atoms with Crippen molar-refractivity contribution < 1.29 is 22.0 Å². The van der Waals surface area contributed by atoms with Crippen LogP contribution in [0.15, 0.2) is 47.4 Å². The number of carbonyl (C=O) groups excluding carboxylic acids is 1. The number of nitrogens with zero attached hydrogens (tertiary/aromatic N) is 1. The summed E-state index contributed by atoms with van der Waals surface area (Å²) in [7, 11) is -3.95. The molecule has 2 aromatic rings. The molecule has 1 aliphatic rings. The van der Waals surface area contributed by atoms with Crippen LogP contribution >= 0.6 is 0 Å². The molecule has 1 amide bonds.